The highest BCUT2D eigenvalue weighted by atomic mass is 16.4. The van der Waals surface area contributed by atoms with E-state index in [1.165, 1.54) is 29.5 Å². The fourth-order valence-corrected chi connectivity index (χ4v) is 3.27. The first-order valence-corrected chi connectivity index (χ1v) is 6.95. The lowest BCUT2D eigenvalue weighted by molar-refractivity contribution is -0.139. The van der Waals surface area contributed by atoms with Crippen LogP contribution in [0.1, 0.15) is 49.4 Å². The third-order valence-corrected chi connectivity index (χ3v) is 4.13. The van der Waals surface area contributed by atoms with Gasteiger partial charge in [-0.15, -0.1) is 0 Å². The van der Waals surface area contributed by atoms with Crippen molar-refractivity contribution in [3.05, 3.63) is 34.9 Å². The molecule has 0 amide bonds. The largest absolute Gasteiger partial charge is 0.481 e. The van der Waals surface area contributed by atoms with E-state index in [-0.39, 0.29) is 17.9 Å². The number of aliphatic carboxylic acids is 1. The molecule has 2 rings (SSSR count). The van der Waals surface area contributed by atoms with E-state index in [2.05, 4.69) is 23.5 Å². The van der Waals surface area contributed by atoms with Gasteiger partial charge in [-0.25, -0.2) is 0 Å². The smallest absolute Gasteiger partial charge is 0.303 e. The number of carboxylic acid groups (broad SMARTS) is 1. The summed E-state index contributed by atoms with van der Waals surface area (Å²) in [4.78, 5) is 11.0. The molecule has 19 heavy (non-hydrogen) atoms. The molecule has 1 unspecified atom stereocenters. The van der Waals surface area contributed by atoms with Crippen LogP contribution >= 0.6 is 0 Å². The van der Waals surface area contributed by atoms with Crippen molar-refractivity contribution in [2.75, 3.05) is 7.05 Å². The second kappa shape index (κ2) is 5.33. The zero-order valence-corrected chi connectivity index (χ0v) is 12.0. The summed E-state index contributed by atoms with van der Waals surface area (Å²) in [7, 11) is 1.90. The molecule has 0 aromatic heterocycles. The van der Waals surface area contributed by atoms with Crippen molar-refractivity contribution < 1.29 is 9.90 Å². The van der Waals surface area contributed by atoms with E-state index >= 15 is 0 Å². The molecule has 1 aromatic carbocycles. The first kappa shape index (κ1) is 14.1. The Labute approximate surface area is 115 Å². The van der Waals surface area contributed by atoms with E-state index in [0.29, 0.717) is 0 Å². The molecule has 1 aliphatic rings. The Bertz CT molecular complexity index is 480. The summed E-state index contributed by atoms with van der Waals surface area (Å²) in [5.41, 5.74) is 3.78. The molecule has 1 atom stereocenters. The minimum Gasteiger partial charge on any atom is -0.481 e. The average Bonchev–Trinajstić information content (AvgIpc) is 2.74. The van der Waals surface area contributed by atoms with Crippen molar-refractivity contribution in [3.63, 3.8) is 0 Å². The molecule has 3 heteroatoms. The second-order valence-electron chi connectivity index (χ2n) is 6.16. The predicted octanol–water partition coefficient (Wildman–Crippen LogP) is 2.94. The van der Waals surface area contributed by atoms with Gasteiger partial charge in [0.05, 0.1) is 6.42 Å². The Morgan fingerprint density at radius 1 is 1.37 bits per heavy atom. The number of hydrogen-bond donors (Lipinski definition) is 2. The number of fused-ring (bicyclic) bond motifs is 1. The highest BCUT2D eigenvalue weighted by Gasteiger charge is 2.32. The van der Waals surface area contributed by atoms with E-state index in [0.717, 1.165) is 6.42 Å². The zero-order valence-electron chi connectivity index (χ0n) is 12.0. The van der Waals surface area contributed by atoms with Crippen LogP contribution in [0.15, 0.2) is 18.2 Å². The number of carboxylic acids is 1. The quantitative estimate of drug-likeness (QED) is 0.856. The van der Waals surface area contributed by atoms with Crippen molar-refractivity contribution in [2.45, 2.75) is 45.6 Å². The lowest BCUT2D eigenvalue weighted by Gasteiger charge is -2.33. The van der Waals surface area contributed by atoms with Crippen molar-refractivity contribution >= 4 is 5.97 Å². The Morgan fingerprint density at radius 3 is 2.68 bits per heavy atom. The predicted molar refractivity (Wildman–Crippen MR) is 76.3 cm³/mol. The number of carbonyl (C=O) groups is 1. The molecule has 104 valence electrons. The van der Waals surface area contributed by atoms with Gasteiger partial charge < -0.3 is 10.4 Å². The minimum atomic E-state index is -0.744. The molecule has 2 N–H and O–H groups in total. The van der Waals surface area contributed by atoms with Gasteiger partial charge in [0.2, 0.25) is 0 Å². The van der Waals surface area contributed by atoms with Crippen LogP contribution in [0.2, 0.25) is 0 Å². The summed E-state index contributed by atoms with van der Waals surface area (Å²) >= 11 is 0. The van der Waals surface area contributed by atoms with Crippen molar-refractivity contribution in [1.29, 1.82) is 0 Å². The van der Waals surface area contributed by atoms with Crippen LogP contribution in [-0.4, -0.2) is 18.1 Å². The fraction of sp³-hybridized carbons (Fsp3) is 0.562. The molecule has 0 saturated heterocycles. The second-order valence-corrected chi connectivity index (χ2v) is 6.16. The lowest BCUT2D eigenvalue weighted by Crippen LogP contribution is -2.34. The number of aryl methyl sites for hydroxylation is 2. The maximum atomic E-state index is 11.0. The van der Waals surface area contributed by atoms with E-state index in [4.69, 9.17) is 5.11 Å². The summed E-state index contributed by atoms with van der Waals surface area (Å²) in [6, 6.07) is 6.68. The van der Waals surface area contributed by atoms with Gasteiger partial charge >= 0.3 is 5.97 Å². The molecule has 0 saturated carbocycles. The first-order chi connectivity index (χ1) is 8.94. The molecular weight excluding hydrogens is 238 g/mol. The van der Waals surface area contributed by atoms with Crippen LogP contribution in [0, 0.1) is 5.41 Å². The monoisotopic (exact) mass is 261 g/mol. The van der Waals surface area contributed by atoms with Gasteiger partial charge in [0, 0.05) is 6.04 Å². The highest BCUT2D eigenvalue weighted by Crippen LogP contribution is 2.37. The number of nitrogens with one attached hydrogen (secondary N) is 1. The molecular formula is C16H23NO2. The van der Waals surface area contributed by atoms with E-state index < -0.39 is 5.97 Å². The third-order valence-electron chi connectivity index (χ3n) is 4.13. The van der Waals surface area contributed by atoms with E-state index in [1.807, 2.05) is 20.9 Å². The summed E-state index contributed by atoms with van der Waals surface area (Å²) in [6.07, 6.45) is 3.73. The van der Waals surface area contributed by atoms with Crippen LogP contribution in [0.5, 0.6) is 0 Å². The highest BCUT2D eigenvalue weighted by molar-refractivity contribution is 5.67. The lowest BCUT2D eigenvalue weighted by atomic mass is 9.77. The molecule has 0 spiro atoms. The van der Waals surface area contributed by atoms with Crippen LogP contribution in [0.4, 0.5) is 0 Å². The van der Waals surface area contributed by atoms with Crippen molar-refractivity contribution in [3.8, 4) is 0 Å². The maximum Gasteiger partial charge on any atom is 0.303 e. The molecule has 3 nitrogen and oxygen atoms in total. The molecule has 0 fully saturated rings. The molecule has 0 bridgehead atoms. The molecule has 1 aliphatic carbocycles. The van der Waals surface area contributed by atoms with E-state index in [9.17, 15) is 4.79 Å². The Hall–Kier alpha value is -1.35. The summed E-state index contributed by atoms with van der Waals surface area (Å²) in [5.74, 6) is -0.744. The third kappa shape index (κ3) is 2.98. The van der Waals surface area contributed by atoms with Gasteiger partial charge in [0.25, 0.3) is 0 Å². The van der Waals surface area contributed by atoms with Crippen LogP contribution in [0.25, 0.3) is 0 Å². The number of rotatable bonds is 5. The minimum absolute atomic E-state index is 0.0644. The molecule has 0 radical (unpaired) electrons. The Balaban J connectivity index is 2.29. The number of hydrogen-bond acceptors (Lipinski definition) is 2. The van der Waals surface area contributed by atoms with Gasteiger partial charge in [0.15, 0.2) is 0 Å². The topological polar surface area (TPSA) is 49.3 Å². The normalized spacial score (nSPS) is 16.2. The first-order valence-electron chi connectivity index (χ1n) is 6.95. The Kier molecular flexibility index (Phi) is 3.95. The molecule has 1 aromatic rings. The Morgan fingerprint density at radius 2 is 2.05 bits per heavy atom. The van der Waals surface area contributed by atoms with Gasteiger partial charge in [-0.3, -0.25) is 4.79 Å². The average molecular weight is 261 g/mol. The van der Waals surface area contributed by atoms with Gasteiger partial charge in [-0.1, -0.05) is 32.0 Å². The van der Waals surface area contributed by atoms with Gasteiger partial charge in [0.1, 0.15) is 0 Å². The van der Waals surface area contributed by atoms with Gasteiger partial charge in [-0.05, 0) is 48.4 Å². The van der Waals surface area contributed by atoms with Crippen LogP contribution in [0.3, 0.4) is 0 Å². The summed E-state index contributed by atoms with van der Waals surface area (Å²) in [5, 5.41) is 12.4. The summed E-state index contributed by atoms with van der Waals surface area (Å²) < 4.78 is 0. The summed E-state index contributed by atoms with van der Waals surface area (Å²) in [6.45, 7) is 4.02. The zero-order chi connectivity index (χ0) is 14.0. The van der Waals surface area contributed by atoms with E-state index in [1.54, 1.807) is 0 Å². The van der Waals surface area contributed by atoms with Crippen LogP contribution < -0.4 is 5.32 Å². The van der Waals surface area contributed by atoms with Crippen LogP contribution in [-0.2, 0) is 17.6 Å². The SMILES string of the molecule is CNC(c1ccc2c(c1)CCC2)C(C)(C)CC(=O)O. The fourth-order valence-electron chi connectivity index (χ4n) is 3.27. The van der Waals surface area contributed by atoms with Crippen molar-refractivity contribution in [1.82, 2.24) is 5.32 Å². The van der Waals surface area contributed by atoms with Crippen molar-refractivity contribution in [2.24, 2.45) is 5.41 Å². The maximum absolute atomic E-state index is 11.0. The molecule has 0 aliphatic heterocycles. The van der Waals surface area contributed by atoms with Gasteiger partial charge in [-0.2, -0.15) is 0 Å². The number of benzene rings is 1. The molecule has 0 heterocycles. The standard InChI is InChI=1S/C16H23NO2/c1-16(2,10-14(18)19)15(17-3)13-8-7-11-5-4-6-12(11)9-13/h7-9,15,17H,4-6,10H2,1-3H3,(H,18,19).